The average Bonchev–Trinajstić information content (AvgIpc) is 3.48. The number of hydrogen-bond acceptors (Lipinski definition) is 8. The number of nitrogens with zero attached hydrogens (tertiary/aromatic N) is 6. The Labute approximate surface area is 277 Å². The quantitative estimate of drug-likeness (QED) is 0.226. The van der Waals surface area contributed by atoms with E-state index in [1.807, 2.05) is 47.6 Å². The van der Waals surface area contributed by atoms with Crippen molar-refractivity contribution in [3.63, 3.8) is 0 Å². The number of rotatable bonds is 9. The summed E-state index contributed by atoms with van der Waals surface area (Å²) in [6, 6.07) is 7.71. The molecule has 0 radical (unpaired) electrons. The Kier molecular flexibility index (Phi) is 9.91. The second-order valence-corrected chi connectivity index (χ2v) is 20.1. The molecule has 1 amide bonds. The Morgan fingerprint density at radius 2 is 1.87 bits per heavy atom. The molecule has 47 heavy (non-hydrogen) atoms. The lowest BCUT2D eigenvalue weighted by Crippen LogP contribution is -2.46. The van der Waals surface area contributed by atoms with Gasteiger partial charge in [-0.25, -0.2) is 23.5 Å². The summed E-state index contributed by atoms with van der Waals surface area (Å²) < 4.78 is 39.9. The summed E-state index contributed by atoms with van der Waals surface area (Å²) in [5, 5.41) is 17.8. The van der Waals surface area contributed by atoms with Gasteiger partial charge in [0.2, 0.25) is 5.95 Å². The van der Waals surface area contributed by atoms with Gasteiger partial charge in [-0.15, -0.1) is 0 Å². The summed E-state index contributed by atoms with van der Waals surface area (Å²) in [6.07, 6.45) is 0.0522. The van der Waals surface area contributed by atoms with E-state index in [9.17, 15) is 18.8 Å². The molecule has 0 saturated carbocycles. The van der Waals surface area contributed by atoms with E-state index in [2.05, 4.69) is 55.3 Å². The molecule has 0 aliphatic carbocycles. The number of ether oxygens (including phenoxy) is 1. The predicted molar refractivity (Wildman–Crippen MR) is 182 cm³/mol. The highest BCUT2D eigenvalue weighted by molar-refractivity contribution is 6.74. The highest BCUT2D eigenvalue weighted by atomic mass is 28.4. The van der Waals surface area contributed by atoms with E-state index >= 15 is 0 Å². The molecule has 0 bridgehead atoms. The number of aromatic nitrogens is 4. The van der Waals surface area contributed by atoms with Crippen LogP contribution in [0.25, 0.3) is 11.3 Å². The third kappa shape index (κ3) is 7.98. The topological polar surface area (TPSA) is 118 Å². The van der Waals surface area contributed by atoms with Gasteiger partial charge in [-0.1, -0.05) is 41.5 Å². The first-order valence-electron chi connectivity index (χ1n) is 15.8. The fourth-order valence-corrected chi connectivity index (χ4v) is 6.29. The summed E-state index contributed by atoms with van der Waals surface area (Å²) in [4.78, 5) is 24.2. The van der Waals surface area contributed by atoms with E-state index in [4.69, 9.17) is 14.1 Å². The number of benzene rings is 1. The van der Waals surface area contributed by atoms with Gasteiger partial charge in [-0.3, -0.25) is 9.58 Å². The molecule has 1 aliphatic heterocycles. The highest BCUT2D eigenvalue weighted by Crippen LogP contribution is 2.47. The minimum Gasteiger partial charge on any atom is -0.443 e. The van der Waals surface area contributed by atoms with E-state index in [1.165, 1.54) is 10.9 Å². The van der Waals surface area contributed by atoms with Crippen molar-refractivity contribution in [2.45, 2.75) is 110 Å². The molecule has 254 valence electrons. The molecular weight excluding hydrogens is 621 g/mol. The van der Waals surface area contributed by atoms with E-state index in [1.54, 1.807) is 23.2 Å². The predicted octanol–water partition coefficient (Wildman–Crippen LogP) is 8.38. The van der Waals surface area contributed by atoms with Gasteiger partial charge in [0, 0.05) is 36.5 Å². The monoisotopic (exact) mass is 667 g/mol. The maximum Gasteiger partial charge on any atom is 0.414 e. The van der Waals surface area contributed by atoms with Crippen molar-refractivity contribution in [1.82, 2.24) is 19.7 Å². The minimum absolute atomic E-state index is 0.0228. The van der Waals surface area contributed by atoms with Crippen LogP contribution in [0.15, 0.2) is 30.6 Å². The summed E-state index contributed by atoms with van der Waals surface area (Å²) in [5.41, 5.74) is 2.58. The number of carbonyl (C=O) groups is 1. The first-order chi connectivity index (χ1) is 21.6. The van der Waals surface area contributed by atoms with Crippen LogP contribution in [0.2, 0.25) is 18.1 Å². The van der Waals surface area contributed by atoms with Crippen molar-refractivity contribution in [3.8, 4) is 17.3 Å². The van der Waals surface area contributed by atoms with Crippen molar-refractivity contribution >= 4 is 31.7 Å². The van der Waals surface area contributed by atoms with Gasteiger partial charge in [-0.05, 0) is 68.6 Å². The Morgan fingerprint density at radius 1 is 1.19 bits per heavy atom. The molecule has 4 rings (SSSR count). The van der Waals surface area contributed by atoms with Crippen LogP contribution in [0.1, 0.15) is 85.1 Å². The molecule has 0 fully saturated rings. The molecule has 1 N–H and O–H groups in total. The highest BCUT2D eigenvalue weighted by Gasteiger charge is 2.47. The van der Waals surface area contributed by atoms with Crippen LogP contribution in [0.5, 0.6) is 0 Å². The normalized spacial score (nSPS) is 16.9. The van der Waals surface area contributed by atoms with Crippen LogP contribution in [0.3, 0.4) is 0 Å². The molecule has 0 spiro atoms. The molecule has 1 aromatic carbocycles. The standard InChI is InChI=1S/C34H47F2N7O3Si/c1-21(2)28-26(17-42(41-28)18-27(35)36)40-30-38-13-12-25(39-30)22-14-23(16-37)29-24(15-22)34(9,20-45-47(10,11)33(6,7)8)19-43(29)31(44)46-32(3,4)5/h12-15,17,21,27H,18-20H2,1-11H3,(H,38,39,40)/t34-/m1/s1. The maximum atomic E-state index is 13.5. The van der Waals surface area contributed by atoms with Crippen LogP contribution in [0.4, 0.5) is 30.9 Å². The third-order valence-corrected chi connectivity index (χ3v) is 13.2. The third-order valence-electron chi connectivity index (χ3n) is 8.69. The number of alkyl halides is 2. The zero-order valence-corrected chi connectivity index (χ0v) is 30.3. The number of nitrogens with one attached hydrogen (secondary N) is 1. The SMILES string of the molecule is CC(C)c1nn(CC(F)F)cc1Nc1nccc(-c2cc(C#N)c3c(c2)[C@@](C)(CO[Si](C)(C)C(C)(C)C)CN3C(=O)OC(C)(C)C)n1. The van der Waals surface area contributed by atoms with Crippen molar-refractivity contribution in [1.29, 1.82) is 5.26 Å². The number of halogens is 2. The largest absolute Gasteiger partial charge is 0.443 e. The summed E-state index contributed by atoms with van der Waals surface area (Å²) in [6.45, 7) is 22.3. The van der Waals surface area contributed by atoms with E-state index < -0.39 is 38.4 Å². The van der Waals surface area contributed by atoms with Crippen LogP contribution in [0, 0.1) is 11.3 Å². The molecule has 1 atom stereocenters. The molecular formula is C34H47F2N7O3Si. The average molecular weight is 668 g/mol. The lowest BCUT2D eigenvalue weighted by atomic mass is 9.83. The molecule has 1 aliphatic rings. The van der Waals surface area contributed by atoms with Gasteiger partial charge in [-0.2, -0.15) is 10.4 Å². The first-order valence-corrected chi connectivity index (χ1v) is 18.7. The van der Waals surface area contributed by atoms with Crippen LogP contribution < -0.4 is 10.2 Å². The Balaban J connectivity index is 1.78. The summed E-state index contributed by atoms with van der Waals surface area (Å²) >= 11 is 0. The van der Waals surface area contributed by atoms with Gasteiger partial charge in [0.05, 0.1) is 28.3 Å². The van der Waals surface area contributed by atoms with E-state index in [-0.39, 0.29) is 23.4 Å². The van der Waals surface area contributed by atoms with Gasteiger partial charge < -0.3 is 14.5 Å². The first kappa shape index (κ1) is 36.0. The molecule has 10 nitrogen and oxygen atoms in total. The lowest BCUT2D eigenvalue weighted by molar-refractivity contribution is 0.0575. The summed E-state index contributed by atoms with van der Waals surface area (Å²) in [5.74, 6) is 0.216. The van der Waals surface area contributed by atoms with Crippen LogP contribution in [-0.2, 0) is 21.1 Å². The van der Waals surface area contributed by atoms with Crippen molar-refractivity contribution in [2.24, 2.45) is 0 Å². The zero-order valence-electron chi connectivity index (χ0n) is 29.3. The number of fused-ring (bicyclic) bond motifs is 1. The van der Waals surface area contributed by atoms with Gasteiger partial charge in [0.1, 0.15) is 18.2 Å². The summed E-state index contributed by atoms with van der Waals surface area (Å²) in [7, 11) is -2.17. The van der Waals surface area contributed by atoms with Gasteiger partial charge in [0.25, 0.3) is 6.43 Å². The molecule has 13 heteroatoms. The molecule has 0 saturated heterocycles. The smallest absolute Gasteiger partial charge is 0.414 e. The minimum atomic E-state index is -2.54. The Morgan fingerprint density at radius 3 is 2.45 bits per heavy atom. The van der Waals surface area contributed by atoms with Gasteiger partial charge >= 0.3 is 6.09 Å². The molecule has 3 aromatic rings. The van der Waals surface area contributed by atoms with Crippen molar-refractivity contribution in [3.05, 3.63) is 47.4 Å². The molecule has 0 unspecified atom stereocenters. The van der Waals surface area contributed by atoms with E-state index in [0.29, 0.717) is 40.5 Å². The van der Waals surface area contributed by atoms with Crippen molar-refractivity contribution in [2.75, 3.05) is 23.4 Å². The Bertz CT molecular complexity index is 1670. The van der Waals surface area contributed by atoms with E-state index in [0.717, 1.165) is 5.56 Å². The number of carbonyl (C=O) groups excluding carboxylic acids is 1. The van der Waals surface area contributed by atoms with Crippen LogP contribution >= 0.6 is 0 Å². The fraction of sp³-hybridized carbons (Fsp3) is 0.559. The number of hydrogen-bond donors (Lipinski definition) is 1. The molecule has 3 heterocycles. The molecule has 2 aromatic heterocycles. The Hall–Kier alpha value is -3.89. The van der Waals surface area contributed by atoms with Crippen LogP contribution in [-0.4, -0.2) is 59.3 Å². The van der Waals surface area contributed by atoms with Crippen molar-refractivity contribution < 1.29 is 22.7 Å². The zero-order chi connectivity index (χ0) is 35.1. The second-order valence-electron chi connectivity index (χ2n) is 15.3. The second kappa shape index (κ2) is 13.0. The number of anilines is 3. The lowest BCUT2D eigenvalue weighted by Gasteiger charge is -2.39. The fourth-order valence-electron chi connectivity index (χ4n) is 5.18. The number of amides is 1. The van der Waals surface area contributed by atoms with Gasteiger partial charge in [0.15, 0.2) is 8.32 Å². The number of nitriles is 1. The maximum absolute atomic E-state index is 13.5.